The van der Waals surface area contributed by atoms with E-state index in [9.17, 15) is 26.3 Å². The molecule has 3 aromatic rings. The highest BCUT2D eigenvalue weighted by Gasteiger charge is 2.34. The van der Waals surface area contributed by atoms with Crippen LogP contribution >= 0.6 is 11.8 Å². The number of para-hydroxylation sites is 1. The summed E-state index contributed by atoms with van der Waals surface area (Å²) < 4.78 is 85.5. The molecule has 146 valence electrons. The molecule has 0 atom stereocenters. The molecule has 0 unspecified atom stereocenters. The number of rotatable bonds is 5. The minimum atomic E-state index is -4.82. The van der Waals surface area contributed by atoms with Crippen molar-refractivity contribution < 1.29 is 31.1 Å². The van der Waals surface area contributed by atoms with Crippen molar-refractivity contribution in [3.05, 3.63) is 77.2 Å². The Morgan fingerprint density at radius 1 is 0.857 bits per heavy atom. The fourth-order valence-electron chi connectivity index (χ4n) is 2.11. The summed E-state index contributed by atoms with van der Waals surface area (Å²) in [6.45, 7) is 0. The molecule has 28 heavy (non-hydrogen) atoms. The van der Waals surface area contributed by atoms with E-state index >= 15 is 0 Å². The monoisotopic (exact) mass is 416 g/mol. The van der Waals surface area contributed by atoms with Gasteiger partial charge in [-0.15, -0.1) is 0 Å². The summed E-state index contributed by atoms with van der Waals surface area (Å²) in [7, 11) is 0. The molecule has 0 saturated heterocycles. The van der Waals surface area contributed by atoms with Crippen molar-refractivity contribution in [2.75, 3.05) is 0 Å². The van der Waals surface area contributed by atoms with Crippen molar-refractivity contribution in [3.63, 3.8) is 0 Å². The summed E-state index contributed by atoms with van der Waals surface area (Å²) >= 11 is 0.585. The third kappa shape index (κ3) is 4.75. The van der Waals surface area contributed by atoms with Crippen LogP contribution in [0.3, 0.4) is 0 Å². The average molecular weight is 416 g/mol. The lowest BCUT2D eigenvalue weighted by Crippen LogP contribution is -2.10. The molecule has 0 amide bonds. The molecule has 0 radical (unpaired) electrons. The van der Waals surface area contributed by atoms with Crippen molar-refractivity contribution in [2.45, 2.75) is 17.1 Å². The van der Waals surface area contributed by atoms with Crippen molar-refractivity contribution in [1.82, 2.24) is 9.97 Å². The van der Waals surface area contributed by atoms with Gasteiger partial charge in [0.15, 0.2) is 22.4 Å². The summed E-state index contributed by atoms with van der Waals surface area (Å²) in [4.78, 5) is 7.13. The Bertz CT molecular complexity index is 976. The number of halogens is 6. The molecule has 3 rings (SSSR count). The minimum Gasteiger partial charge on any atom is -0.436 e. The SMILES string of the molecule is Fc1ccccc1Oc1cc(C(F)(F)F)nc(SCc2c(F)cccc2F)n1. The van der Waals surface area contributed by atoms with Crippen LogP contribution in [0.5, 0.6) is 11.6 Å². The zero-order chi connectivity index (χ0) is 20.3. The van der Waals surface area contributed by atoms with Gasteiger partial charge in [0.05, 0.1) is 0 Å². The van der Waals surface area contributed by atoms with Crippen LogP contribution in [0.25, 0.3) is 0 Å². The van der Waals surface area contributed by atoms with Crippen LogP contribution in [-0.2, 0) is 11.9 Å². The van der Waals surface area contributed by atoms with Crippen LogP contribution in [0.15, 0.2) is 53.7 Å². The first-order valence-electron chi connectivity index (χ1n) is 7.68. The maximum atomic E-state index is 13.7. The molecular formula is C18H10F6N2OS. The predicted octanol–water partition coefficient (Wildman–Crippen LogP) is 6.00. The van der Waals surface area contributed by atoms with Gasteiger partial charge in [-0.05, 0) is 24.3 Å². The minimum absolute atomic E-state index is 0.328. The van der Waals surface area contributed by atoms with E-state index < -0.39 is 40.4 Å². The standard InChI is InChI=1S/C18H10F6N2OS/c19-11-5-3-6-12(20)10(11)9-28-17-25-15(18(22,23)24)8-16(26-17)27-14-7-2-1-4-13(14)21/h1-8H,9H2. The van der Waals surface area contributed by atoms with Crippen molar-refractivity contribution in [3.8, 4) is 11.6 Å². The van der Waals surface area contributed by atoms with Gasteiger partial charge in [-0.1, -0.05) is 30.0 Å². The van der Waals surface area contributed by atoms with E-state index in [1.165, 1.54) is 24.3 Å². The maximum absolute atomic E-state index is 13.7. The van der Waals surface area contributed by atoms with Gasteiger partial charge in [0.2, 0.25) is 5.88 Å². The molecule has 0 aliphatic rings. The van der Waals surface area contributed by atoms with E-state index in [1.807, 2.05) is 0 Å². The fourth-order valence-corrected chi connectivity index (χ4v) is 2.98. The third-order valence-electron chi connectivity index (χ3n) is 3.43. The lowest BCUT2D eigenvalue weighted by atomic mass is 10.2. The zero-order valence-electron chi connectivity index (χ0n) is 13.8. The van der Waals surface area contributed by atoms with Gasteiger partial charge >= 0.3 is 6.18 Å². The average Bonchev–Trinajstić information content (AvgIpc) is 2.62. The normalized spacial score (nSPS) is 11.5. The molecule has 0 spiro atoms. The summed E-state index contributed by atoms with van der Waals surface area (Å²) in [6.07, 6.45) is -4.82. The fraction of sp³-hybridized carbons (Fsp3) is 0.111. The molecule has 3 nitrogen and oxygen atoms in total. The van der Waals surface area contributed by atoms with Gasteiger partial charge in [0.1, 0.15) is 11.6 Å². The van der Waals surface area contributed by atoms with E-state index in [-0.39, 0.29) is 17.1 Å². The Kier molecular flexibility index (Phi) is 5.78. The molecule has 0 aliphatic heterocycles. The number of alkyl halides is 3. The van der Waals surface area contributed by atoms with Gasteiger partial charge in [-0.2, -0.15) is 18.2 Å². The highest BCUT2D eigenvalue weighted by Crippen LogP contribution is 2.34. The van der Waals surface area contributed by atoms with E-state index in [1.54, 1.807) is 0 Å². The van der Waals surface area contributed by atoms with E-state index in [0.717, 1.165) is 18.2 Å². The van der Waals surface area contributed by atoms with Gasteiger partial charge in [-0.3, -0.25) is 0 Å². The molecule has 2 aromatic carbocycles. The quantitative estimate of drug-likeness (QED) is 0.290. The smallest absolute Gasteiger partial charge is 0.433 e. The topological polar surface area (TPSA) is 35.0 Å². The highest BCUT2D eigenvalue weighted by atomic mass is 32.2. The Balaban J connectivity index is 1.91. The zero-order valence-corrected chi connectivity index (χ0v) is 14.6. The number of thioether (sulfide) groups is 1. The Morgan fingerprint density at radius 3 is 2.14 bits per heavy atom. The maximum Gasteiger partial charge on any atom is 0.433 e. The van der Waals surface area contributed by atoms with E-state index in [0.29, 0.717) is 17.8 Å². The molecule has 0 saturated carbocycles. The van der Waals surface area contributed by atoms with Gasteiger partial charge in [0.25, 0.3) is 0 Å². The van der Waals surface area contributed by atoms with Gasteiger partial charge < -0.3 is 4.74 Å². The third-order valence-corrected chi connectivity index (χ3v) is 4.30. The second-order valence-corrected chi connectivity index (χ2v) is 6.34. The lowest BCUT2D eigenvalue weighted by molar-refractivity contribution is -0.141. The second-order valence-electron chi connectivity index (χ2n) is 5.39. The predicted molar refractivity (Wildman–Crippen MR) is 89.4 cm³/mol. The molecular weight excluding hydrogens is 406 g/mol. The summed E-state index contributed by atoms with van der Waals surface area (Å²) in [5.41, 5.74) is -1.66. The van der Waals surface area contributed by atoms with Crippen molar-refractivity contribution in [2.24, 2.45) is 0 Å². The summed E-state index contributed by atoms with van der Waals surface area (Å²) in [5.74, 6) is -3.71. The number of hydrogen-bond donors (Lipinski definition) is 0. The van der Waals surface area contributed by atoms with Crippen molar-refractivity contribution >= 4 is 11.8 Å². The van der Waals surface area contributed by atoms with Crippen LogP contribution in [0.1, 0.15) is 11.3 Å². The number of nitrogens with zero attached hydrogens (tertiary/aromatic N) is 2. The number of benzene rings is 2. The van der Waals surface area contributed by atoms with Crippen molar-refractivity contribution in [1.29, 1.82) is 0 Å². The van der Waals surface area contributed by atoms with E-state index in [2.05, 4.69) is 9.97 Å². The van der Waals surface area contributed by atoms with Crippen LogP contribution in [-0.4, -0.2) is 9.97 Å². The van der Waals surface area contributed by atoms with Crippen LogP contribution in [0.2, 0.25) is 0 Å². The molecule has 0 fully saturated rings. The first kappa shape index (κ1) is 20.0. The molecule has 10 heteroatoms. The summed E-state index contributed by atoms with van der Waals surface area (Å²) in [5, 5.41) is -0.427. The highest BCUT2D eigenvalue weighted by molar-refractivity contribution is 7.98. The first-order chi connectivity index (χ1) is 13.2. The molecule has 1 heterocycles. The number of aromatic nitrogens is 2. The molecule has 1 aromatic heterocycles. The summed E-state index contributed by atoms with van der Waals surface area (Å²) in [6, 6.07) is 8.83. The van der Waals surface area contributed by atoms with Gasteiger partial charge in [0, 0.05) is 17.4 Å². The van der Waals surface area contributed by atoms with Gasteiger partial charge in [-0.25, -0.2) is 18.2 Å². The van der Waals surface area contributed by atoms with Crippen LogP contribution in [0, 0.1) is 17.5 Å². The second kappa shape index (κ2) is 8.09. The Hall–Kier alpha value is -2.75. The largest absolute Gasteiger partial charge is 0.436 e. The van der Waals surface area contributed by atoms with E-state index in [4.69, 9.17) is 4.74 Å². The molecule has 0 bridgehead atoms. The lowest BCUT2D eigenvalue weighted by Gasteiger charge is -2.11. The van der Waals surface area contributed by atoms with Crippen LogP contribution in [0.4, 0.5) is 26.3 Å². The molecule has 0 N–H and O–H groups in total. The number of hydrogen-bond acceptors (Lipinski definition) is 4. The Morgan fingerprint density at radius 2 is 1.50 bits per heavy atom. The number of ether oxygens (including phenoxy) is 1. The first-order valence-corrected chi connectivity index (χ1v) is 8.67. The Labute approximate surface area is 159 Å². The van der Waals surface area contributed by atoms with Crippen LogP contribution < -0.4 is 4.74 Å². The molecule has 0 aliphatic carbocycles.